The molecule has 1 aliphatic rings. The van der Waals surface area contributed by atoms with Crippen molar-refractivity contribution < 1.29 is 14.3 Å². The van der Waals surface area contributed by atoms with Gasteiger partial charge in [0.15, 0.2) is 11.5 Å². The Balaban J connectivity index is 2.18. The van der Waals surface area contributed by atoms with E-state index < -0.39 is 0 Å². The second-order valence-electron chi connectivity index (χ2n) is 6.64. The molecule has 0 spiro atoms. The summed E-state index contributed by atoms with van der Waals surface area (Å²) in [6.45, 7) is 4.61. The van der Waals surface area contributed by atoms with E-state index in [0.29, 0.717) is 29.6 Å². The van der Waals surface area contributed by atoms with E-state index in [0.717, 1.165) is 19.3 Å². The average Bonchev–Trinajstić information content (AvgIpc) is 2.67. The Hall–Kier alpha value is -2.92. The van der Waals surface area contributed by atoms with Crippen molar-refractivity contribution in [2.24, 2.45) is 5.92 Å². The minimum atomic E-state index is -0.332. The van der Waals surface area contributed by atoms with Crippen LogP contribution in [0.5, 0.6) is 11.5 Å². The van der Waals surface area contributed by atoms with E-state index in [1.165, 1.54) is 6.42 Å². The lowest BCUT2D eigenvalue weighted by atomic mass is 9.86. The topological polar surface area (TPSA) is 71.3 Å². The molecule has 5 heteroatoms. The highest BCUT2D eigenvalue weighted by atomic mass is 16.5. The van der Waals surface area contributed by atoms with Crippen LogP contribution in [-0.4, -0.2) is 25.2 Å². The maximum absolute atomic E-state index is 12.5. The van der Waals surface area contributed by atoms with Gasteiger partial charge in [0.25, 0.3) is 5.91 Å². The van der Waals surface area contributed by atoms with Crippen LogP contribution in [0.4, 0.5) is 0 Å². The smallest absolute Gasteiger partial charge is 0.262 e. The van der Waals surface area contributed by atoms with E-state index >= 15 is 0 Å². The predicted octanol–water partition coefficient (Wildman–Crippen LogP) is 3.70. The minimum absolute atomic E-state index is 0.0764. The molecule has 142 valence electrons. The molecule has 0 bridgehead atoms. The molecular formula is C22H26N2O3. The normalized spacial score (nSPS) is 19.5. The molecule has 1 aromatic carbocycles. The summed E-state index contributed by atoms with van der Waals surface area (Å²) in [7, 11) is 0. The van der Waals surface area contributed by atoms with E-state index in [2.05, 4.69) is 18.2 Å². The van der Waals surface area contributed by atoms with Gasteiger partial charge in [0.05, 0.1) is 6.61 Å². The van der Waals surface area contributed by atoms with Crippen LogP contribution in [0, 0.1) is 29.6 Å². The van der Waals surface area contributed by atoms with Crippen molar-refractivity contribution in [2.75, 3.05) is 13.2 Å². The van der Waals surface area contributed by atoms with Gasteiger partial charge in [0, 0.05) is 6.04 Å². The molecule has 0 aliphatic heterocycles. The summed E-state index contributed by atoms with van der Waals surface area (Å²) in [4.78, 5) is 12.5. The zero-order valence-electron chi connectivity index (χ0n) is 16.0. The number of amides is 1. The van der Waals surface area contributed by atoms with E-state index in [-0.39, 0.29) is 24.1 Å². The van der Waals surface area contributed by atoms with Crippen molar-refractivity contribution >= 4 is 12.0 Å². The average molecular weight is 366 g/mol. The van der Waals surface area contributed by atoms with Gasteiger partial charge >= 0.3 is 0 Å². The van der Waals surface area contributed by atoms with E-state index in [4.69, 9.17) is 15.9 Å². The highest BCUT2D eigenvalue weighted by Gasteiger charge is 2.24. The summed E-state index contributed by atoms with van der Waals surface area (Å²) in [5.74, 6) is 3.57. The molecule has 1 saturated carbocycles. The summed E-state index contributed by atoms with van der Waals surface area (Å²) in [5, 5.41) is 12.5. The molecular weight excluding hydrogens is 340 g/mol. The molecule has 1 fully saturated rings. The lowest BCUT2D eigenvalue weighted by molar-refractivity contribution is -0.118. The van der Waals surface area contributed by atoms with Gasteiger partial charge < -0.3 is 14.8 Å². The molecule has 2 atom stereocenters. The van der Waals surface area contributed by atoms with Crippen molar-refractivity contribution in [1.82, 2.24) is 5.32 Å². The Kier molecular flexibility index (Phi) is 7.77. The molecule has 0 heterocycles. The van der Waals surface area contributed by atoms with Crippen LogP contribution in [0.25, 0.3) is 6.08 Å². The Morgan fingerprint density at radius 2 is 2.11 bits per heavy atom. The molecule has 1 N–H and O–H groups in total. The fraction of sp³-hybridized carbons (Fsp3) is 0.455. The lowest BCUT2D eigenvalue weighted by Crippen LogP contribution is -2.41. The summed E-state index contributed by atoms with van der Waals surface area (Å²) in [5.41, 5.74) is 0.766. The quantitative estimate of drug-likeness (QED) is 0.454. The second-order valence-corrected chi connectivity index (χ2v) is 6.64. The van der Waals surface area contributed by atoms with Crippen molar-refractivity contribution in [3.8, 4) is 29.9 Å². The zero-order valence-corrected chi connectivity index (χ0v) is 16.0. The second kappa shape index (κ2) is 10.3. The van der Waals surface area contributed by atoms with Gasteiger partial charge in [0.2, 0.25) is 0 Å². The highest BCUT2D eigenvalue weighted by Crippen LogP contribution is 2.29. The first-order valence-corrected chi connectivity index (χ1v) is 9.34. The van der Waals surface area contributed by atoms with Crippen LogP contribution in [-0.2, 0) is 4.79 Å². The molecule has 5 nitrogen and oxygen atoms in total. The Labute approximate surface area is 161 Å². The molecule has 0 radical (unpaired) electrons. The predicted molar refractivity (Wildman–Crippen MR) is 105 cm³/mol. The van der Waals surface area contributed by atoms with Gasteiger partial charge in [-0.05, 0) is 49.5 Å². The highest BCUT2D eigenvalue weighted by molar-refractivity contribution is 6.01. The number of nitriles is 1. The SMILES string of the molecule is C#CCOc1ccc(/C=C(\C#N)C(=O)N[C@H]2CCCC[C@H]2C)cc1OCC. The third-order valence-electron chi connectivity index (χ3n) is 4.68. The number of nitrogens with zero attached hydrogens (tertiary/aromatic N) is 1. The standard InChI is InChI=1S/C22H26N2O3/c1-4-12-27-20-11-10-17(14-21(20)26-5-2)13-18(15-23)22(25)24-19-9-7-6-8-16(19)3/h1,10-11,13-14,16,19H,5-9,12H2,2-3H3,(H,24,25)/b18-13+/t16-,19+/m1/s1. The van der Waals surface area contributed by atoms with Gasteiger partial charge in [-0.1, -0.05) is 31.8 Å². The van der Waals surface area contributed by atoms with Crippen molar-refractivity contribution in [3.05, 3.63) is 29.3 Å². The first-order valence-electron chi connectivity index (χ1n) is 9.34. The molecule has 0 aromatic heterocycles. The molecule has 1 aliphatic carbocycles. The van der Waals surface area contributed by atoms with Crippen molar-refractivity contribution in [3.63, 3.8) is 0 Å². The number of rotatable bonds is 7. The Morgan fingerprint density at radius 3 is 2.78 bits per heavy atom. The molecule has 1 aromatic rings. The van der Waals surface area contributed by atoms with Gasteiger partial charge in [-0.2, -0.15) is 5.26 Å². The molecule has 27 heavy (non-hydrogen) atoms. The maximum atomic E-state index is 12.5. The van der Waals surface area contributed by atoms with Crippen LogP contribution >= 0.6 is 0 Å². The first-order chi connectivity index (χ1) is 13.1. The minimum Gasteiger partial charge on any atom is -0.490 e. The van der Waals surface area contributed by atoms with Crippen LogP contribution in [0.2, 0.25) is 0 Å². The number of terminal acetylenes is 1. The van der Waals surface area contributed by atoms with Crippen LogP contribution in [0.3, 0.4) is 0 Å². The van der Waals surface area contributed by atoms with Gasteiger partial charge in [-0.15, -0.1) is 6.42 Å². The van der Waals surface area contributed by atoms with Crippen LogP contribution in [0.15, 0.2) is 23.8 Å². The number of benzene rings is 1. The zero-order chi connectivity index (χ0) is 19.6. The molecule has 1 amide bonds. The fourth-order valence-corrected chi connectivity index (χ4v) is 3.21. The monoisotopic (exact) mass is 366 g/mol. The molecule has 2 rings (SSSR count). The lowest BCUT2D eigenvalue weighted by Gasteiger charge is -2.29. The van der Waals surface area contributed by atoms with Gasteiger partial charge in [-0.25, -0.2) is 0 Å². The van der Waals surface area contributed by atoms with E-state index in [1.807, 2.05) is 13.0 Å². The van der Waals surface area contributed by atoms with Crippen molar-refractivity contribution in [1.29, 1.82) is 5.26 Å². The first kappa shape index (κ1) is 20.4. The number of carbonyl (C=O) groups is 1. The van der Waals surface area contributed by atoms with Gasteiger partial charge in [0.1, 0.15) is 18.2 Å². The largest absolute Gasteiger partial charge is 0.490 e. The Morgan fingerprint density at radius 1 is 1.33 bits per heavy atom. The van der Waals surface area contributed by atoms with E-state index in [1.54, 1.807) is 24.3 Å². The molecule has 0 saturated heterocycles. The van der Waals surface area contributed by atoms with E-state index in [9.17, 15) is 10.1 Å². The van der Waals surface area contributed by atoms with Crippen LogP contribution in [0.1, 0.15) is 45.1 Å². The van der Waals surface area contributed by atoms with Crippen molar-refractivity contribution in [2.45, 2.75) is 45.6 Å². The third-order valence-corrected chi connectivity index (χ3v) is 4.68. The van der Waals surface area contributed by atoms with Crippen LogP contribution < -0.4 is 14.8 Å². The number of hydrogen-bond donors (Lipinski definition) is 1. The summed E-state index contributed by atoms with van der Waals surface area (Å²) >= 11 is 0. The maximum Gasteiger partial charge on any atom is 0.262 e. The third kappa shape index (κ3) is 5.79. The fourth-order valence-electron chi connectivity index (χ4n) is 3.21. The number of hydrogen-bond acceptors (Lipinski definition) is 4. The Bertz CT molecular complexity index is 771. The number of carbonyl (C=O) groups excluding carboxylic acids is 1. The summed E-state index contributed by atoms with van der Waals surface area (Å²) in [6.07, 6.45) is 11.2. The summed E-state index contributed by atoms with van der Waals surface area (Å²) in [6, 6.07) is 7.36. The molecule has 0 unspecified atom stereocenters. The number of nitrogens with one attached hydrogen (secondary N) is 1. The van der Waals surface area contributed by atoms with Gasteiger partial charge in [-0.3, -0.25) is 4.79 Å². The number of ether oxygens (including phenoxy) is 2. The summed E-state index contributed by atoms with van der Waals surface area (Å²) < 4.78 is 11.0.